The van der Waals surface area contributed by atoms with Crippen molar-refractivity contribution in [1.82, 2.24) is 0 Å². The third kappa shape index (κ3) is 3.31. The van der Waals surface area contributed by atoms with E-state index in [1.807, 2.05) is 24.3 Å². The van der Waals surface area contributed by atoms with Gasteiger partial charge >= 0.3 is 0 Å². The van der Waals surface area contributed by atoms with Gasteiger partial charge in [-0.2, -0.15) is 0 Å². The van der Waals surface area contributed by atoms with Crippen molar-refractivity contribution in [3.8, 4) is 5.75 Å². The van der Waals surface area contributed by atoms with Gasteiger partial charge in [-0.15, -0.1) is 0 Å². The standard InChI is InChI=1S/C17H21NO2/c1-12-7-8-16(13(2)9-12)17(11-19)18-14-5-4-6-15(10-14)20-3/h4-10,17-19H,11H2,1-3H3. The first-order chi connectivity index (χ1) is 9.63. The van der Waals surface area contributed by atoms with E-state index in [1.54, 1.807) is 7.11 Å². The molecular weight excluding hydrogens is 250 g/mol. The fourth-order valence-electron chi connectivity index (χ4n) is 2.35. The Morgan fingerprint density at radius 2 is 1.95 bits per heavy atom. The first-order valence-corrected chi connectivity index (χ1v) is 6.72. The van der Waals surface area contributed by atoms with Crippen LogP contribution in [-0.2, 0) is 0 Å². The topological polar surface area (TPSA) is 41.5 Å². The smallest absolute Gasteiger partial charge is 0.120 e. The number of aryl methyl sites for hydroxylation is 2. The lowest BCUT2D eigenvalue weighted by Gasteiger charge is -2.20. The largest absolute Gasteiger partial charge is 0.497 e. The molecule has 0 aromatic heterocycles. The van der Waals surface area contributed by atoms with E-state index in [2.05, 4.69) is 37.4 Å². The molecule has 0 aliphatic rings. The molecular formula is C17H21NO2. The SMILES string of the molecule is COc1cccc(NC(CO)c2ccc(C)cc2C)c1. The summed E-state index contributed by atoms with van der Waals surface area (Å²) < 4.78 is 5.21. The summed E-state index contributed by atoms with van der Waals surface area (Å²) in [6.07, 6.45) is 0. The molecule has 0 amide bonds. The summed E-state index contributed by atoms with van der Waals surface area (Å²) in [5.41, 5.74) is 4.45. The van der Waals surface area contributed by atoms with E-state index in [-0.39, 0.29) is 12.6 Å². The van der Waals surface area contributed by atoms with Crippen LogP contribution in [0.5, 0.6) is 5.75 Å². The summed E-state index contributed by atoms with van der Waals surface area (Å²) >= 11 is 0. The number of benzene rings is 2. The van der Waals surface area contributed by atoms with Crippen LogP contribution in [0.3, 0.4) is 0 Å². The minimum atomic E-state index is -0.122. The first kappa shape index (κ1) is 14.4. The molecule has 3 nitrogen and oxygen atoms in total. The molecule has 2 rings (SSSR count). The maximum absolute atomic E-state index is 9.67. The highest BCUT2D eigenvalue weighted by molar-refractivity contribution is 5.50. The molecule has 0 saturated carbocycles. The molecule has 2 aromatic rings. The van der Waals surface area contributed by atoms with Gasteiger partial charge in [0.1, 0.15) is 5.75 Å². The lowest BCUT2D eigenvalue weighted by atomic mass is 9.99. The molecule has 0 heterocycles. The van der Waals surface area contributed by atoms with E-state index in [0.717, 1.165) is 17.0 Å². The van der Waals surface area contributed by atoms with Crippen LogP contribution in [0.15, 0.2) is 42.5 Å². The van der Waals surface area contributed by atoms with Crippen LogP contribution < -0.4 is 10.1 Å². The lowest BCUT2D eigenvalue weighted by molar-refractivity contribution is 0.276. The predicted molar refractivity (Wildman–Crippen MR) is 82.4 cm³/mol. The third-order valence-electron chi connectivity index (χ3n) is 3.39. The Kier molecular flexibility index (Phi) is 4.64. The van der Waals surface area contributed by atoms with Gasteiger partial charge in [0, 0.05) is 11.8 Å². The Morgan fingerprint density at radius 1 is 1.15 bits per heavy atom. The van der Waals surface area contributed by atoms with Crippen LogP contribution in [0.4, 0.5) is 5.69 Å². The van der Waals surface area contributed by atoms with E-state index in [1.165, 1.54) is 11.1 Å². The van der Waals surface area contributed by atoms with Crippen molar-refractivity contribution in [1.29, 1.82) is 0 Å². The second-order valence-electron chi connectivity index (χ2n) is 4.97. The van der Waals surface area contributed by atoms with Gasteiger partial charge in [-0.25, -0.2) is 0 Å². The van der Waals surface area contributed by atoms with E-state index in [0.29, 0.717) is 0 Å². The molecule has 0 bridgehead atoms. The number of aliphatic hydroxyl groups is 1. The minimum Gasteiger partial charge on any atom is -0.497 e. The van der Waals surface area contributed by atoms with Crippen molar-refractivity contribution in [2.75, 3.05) is 19.0 Å². The molecule has 20 heavy (non-hydrogen) atoms. The number of hydrogen-bond donors (Lipinski definition) is 2. The van der Waals surface area contributed by atoms with Crippen LogP contribution in [0.1, 0.15) is 22.7 Å². The number of aliphatic hydroxyl groups excluding tert-OH is 1. The van der Waals surface area contributed by atoms with E-state index in [9.17, 15) is 5.11 Å². The van der Waals surface area contributed by atoms with E-state index >= 15 is 0 Å². The average molecular weight is 271 g/mol. The second-order valence-corrected chi connectivity index (χ2v) is 4.97. The van der Waals surface area contributed by atoms with Crippen LogP contribution in [-0.4, -0.2) is 18.8 Å². The van der Waals surface area contributed by atoms with Crippen LogP contribution in [0.25, 0.3) is 0 Å². The minimum absolute atomic E-state index is 0.0428. The maximum atomic E-state index is 9.67. The molecule has 3 heteroatoms. The van der Waals surface area contributed by atoms with Crippen molar-refractivity contribution in [2.45, 2.75) is 19.9 Å². The first-order valence-electron chi connectivity index (χ1n) is 6.72. The summed E-state index contributed by atoms with van der Waals surface area (Å²) in [6.45, 7) is 4.18. The van der Waals surface area contributed by atoms with Crippen molar-refractivity contribution < 1.29 is 9.84 Å². The van der Waals surface area contributed by atoms with Crippen molar-refractivity contribution in [3.05, 3.63) is 59.2 Å². The highest BCUT2D eigenvalue weighted by atomic mass is 16.5. The van der Waals surface area contributed by atoms with Gasteiger partial charge in [-0.3, -0.25) is 0 Å². The average Bonchev–Trinajstić information content (AvgIpc) is 2.45. The quantitative estimate of drug-likeness (QED) is 0.875. The highest BCUT2D eigenvalue weighted by Gasteiger charge is 2.13. The predicted octanol–water partition coefficient (Wildman–Crippen LogP) is 3.46. The van der Waals surface area contributed by atoms with Crippen LogP contribution >= 0.6 is 0 Å². The van der Waals surface area contributed by atoms with Crippen molar-refractivity contribution in [3.63, 3.8) is 0 Å². The molecule has 0 aliphatic heterocycles. The molecule has 2 N–H and O–H groups in total. The van der Waals surface area contributed by atoms with Gasteiger partial charge in [-0.1, -0.05) is 29.8 Å². The number of ether oxygens (including phenoxy) is 1. The third-order valence-corrected chi connectivity index (χ3v) is 3.39. The Balaban J connectivity index is 2.23. The number of hydrogen-bond acceptors (Lipinski definition) is 3. The number of anilines is 1. The van der Waals surface area contributed by atoms with E-state index < -0.39 is 0 Å². The van der Waals surface area contributed by atoms with Gasteiger partial charge in [-0.05, 0) is 37.1 Å². The zero-order chi connectivity index (χ0) is 14.5. The summed E-state index contributed by atoms with van der Waals surface area (Å²) in [5.74, 6) is 0.798. The molecule has 1 atom stereocenters. The Morgan fingerprint density at radius 3 is 2.60 bits per heavy atom. The molecule has 0 saturated heterocycles. The normalized spacial score (nSPS) is 12.0. The molecule has 0 spiro atoms. The Labute approximate surface area is 120 Å². The zero-order valence-corrected chi connectivity index (χ0v) is 12.2. The molecule has 1 unspecified atom stereocenters. The molecule has 0 aliphatic carbocycles. The van der Waals surface area contributed by atoms with Gasteiger partial charge in [0.2, 0.25) is 0 Å². The molecule has 2 aromatic carbocycles. The van der Waals surface area contributed by atoms with Gasteiger partial charge in [0.15, 0.2) is 0 Å². The van der Waals surface area contributed by atoms with Gasteiger partial charge in [0.25, 0.3) is 0 Å². The zero-order valence-electron chi connectivity index (χ0n) is 12.2. The lowest BCUT2D eigenvalue weighted by Crippen LogP contribution is -2.16. The summed E-state index contributed by atoms with van der Waals surface area (Å²) in [4.78, 5) is 0. The van der Waals surface area contributed by atoms with Crippen LogP contribution in [0, 0.1) is 13.8 Å². The molecule has 0 radical (unpaired) electrons. The van der Waals surface area contributed by atoms with Crippen molar-refractivity contribution >= 4 is 5.69 Å². The fourth-order valence-corrected chi connectivity index (χ4v) is 2.35. The number of rotatable bonds is 5. The molecule has 106 valence electrons. The van der Waals surface area contributed by atoms with Crippen LogP contribution in [0.2, 0.25) is 0 Å². The maximum Gasteiger partial charge on any atom is 0.120 e. The highest BCUT2D eigenvalue weighted by Crippen LogP contribution is 2.25. The summed E-state index contributed by atoms with van der Waals surface area (Å²) in [7, 11) is 1.65. The summed E-state index contributed by atoms with van der Waals surface area (Å²) in [6, 6.07) is 13.9. The fraction of sp³-hybridized carbons (Fsp3) is 0.294. The number of nitrogens with one attached hydrogen (secondary N) is 1. The monoisotopic (exact) mass is 271 g/mol. The van der Waals surface area contributed by atoms with Gasteiger partial charge in [0.05, 0.1) is 19.8 Å². The second kappa shape index (κ2) is 6.44. The molecule has 0 fully saturated rings. The Hall–Kier alpha value is -2.00. The summed E-state index contributed by atoms with van der Waals surface area (Å²) in [5, 5.41) is 13.0. The van der Waals surface area contributed by atoms with Gasteiger partial charge < -0.3 is 15.2 Å². The van der Waals surface area contributed by atoms with E-state index in [4.69, 9.17) is 4.74 Å². The van der Waals surface area contributed by atoms with Crippen molar-refractivity contribution in [2.24, 2.45) is 0 Å². The Bertz CT molecular complexity index is 581. The number of methoxy groups -OCH3 is 1.